The molecule has 3 heteroatoms. The standard InChI is InChI=1S/C18H28N2S/c1-15(2,9-19)14-18(7,8)12-13(20-14)17(5,6)11-21-10-16(12,3)4/h10-11H2,1-8H3. The molecule has 0 saturated heterocycles. The minimum atomic E-state index is -0.519. The second kappa shape index (κ2) is 4.62. The summed E-state index contributed by atoms with van der Waals surface area (Å²) in [5.74, 6) is 2.21. The van der Waals surface area contributed by atoms with Gasteiger partial charge in [0.25, 0.3) is 0 Å². The van der Waals surface area contributed by atoms with Crippen molar-refractivity contribution in [1.29, 1.82) is 5.26 Å². The van der Waals surface area contributed by atoms with Gasteiger partial charge in [-0.2, -0.15) is 17.0 Å². The molecule has 0 aromatic rings. The molecule has 0 saturated carbocycles. The van der Waals surface area contributed by atoms with Gasteiger partial charge in [-0.1, -0.05) is 41.5 Å². The van der Waals surface area contributed by atoms with Gasteiger partial charge in [-0.3, -0.25) is 4.99 Å². The molecule has 2 rings (SSSR count). The van der Waals surface area contributed by atoms with Gasteiger partial charge in [0.05, 0.1) is 11.5 Å². The third kappa shape index (κ3) is 2.46. The van der Waals surface area contributed by atoms with E-state index < -0.39 is 5.41 Å². The van der Waals surface area contributed by atoms with E-state index >= 15 is 0 Å². The normalized spacial score (nSPS) is 26.7. The molecule has 0 aromatic heterocycles. The van der Waals surface area contributed by atoms with Crippen molar-refractivity contribution < 1.29 is 0 Å². The lowest BCUT2D eigenvalue weighted by Gasteiger charge is -2.38. The Bertz CT molecular complexity index is 569. The zero-order chi connectivity index (χ0) is 16.3. The van der Waals surface area contributed by atoms with E-state index in [1.165, 1.54) is 11.3 Å². The zero-order valence-corrected chi connectivity index (χ0v) is 15.5. The molecule has 0 fully saturated rings. The molecule has 0 aliphatic carbocycles. The molecule has 0 spiro atoms. The molecule has 2 heterocycles. The number of thioether (sulfide) groups is 1. The maximum atomic E-state index is 9.58. The van der Waals surface area contributed by atoms with E-state index in [-0.39, 0.29) is 16.2 Å². The molecular weight excluding hydrogens is 276 g/mol. The van der Waals surface area contributed by atoms with Crippen LogP contribution in [0.5, 0.6) is 0 Å². The summed E-state index contributed by atoms with van der Waals surface area (Å²) in [5.41, 5.74) is 3.25. The highest BCUT2D eigenvalue weighted by atomic mass is 32.2. The summed E-state index contributed by atoms with van der Waals surface area (Å²) >= 11 is 2.03. The second-order valence-electron chi connectivity index (χ2n) is 8.81. The minimum absolute atomic E-state index is 0.0678. The molecule has 0 radical (unpaired) electrons. The van der Waals surface area contributed by atoms with E-state index in [1.807, 2.05) is 25.6 Å². The molecular formula is C18H28N2S. The highest BCUT2D eigenvalue weighted by Gasteiger charge is 2.52. The first-order chi connectivity index (χ1) is 9.36. The van der Waals surface area contributed by atoms with Gasteiger partial charge in [0, 0.05) is 33.7 Å². The van der Waals surface area contributed by atoms with Crippen molar-refractivity contribution in [2.75, 3.05) is 11.5 Å². The molecule has 0 unspecified atom stereocenters. The van der Waals surface area contributed by atoms with Gasteiger partial charge >= 0.3 is 0 Å². The van der Waals surface area contributed by atoms with Crippen LogP contribution in [0.1, 0.15) is 55.4 Å². The molecule has 21 heavy (non-hydrogen) atoms. The Hall–Kier alpha value is -0.750. The fourth-order valence-corrected chi connectivity index (χ4v) is 5.46. The summed E-state index contributed by atoms with van der Waals surface area (Å²) in [6.07, 6.45) is 0. The average molecular weight is 305 g/mol. The van der Waals surface area contributed by atoms with E-state index in [9.17, 15) is 5.26 Å². The van der Waals surface area contributed by atoms with Crippen molar-refractivity contribution in [3.05, 3.63) is 11.3 Å². The predicted octanol–water partition coefficient (Wildman–Crippen LogP) is 5.07. The van der Waals surface area contributed by atoms with Crippen LogP contribution >= 0.6 is 11.8 Å². The van der Waals surface area contributed by atoms with Crippen LogP contribution < -0.4 is 0 Å². The summed E-state index contributed by atoms with van der Waals surface area (Å²) < 4.78 is 0. The topological polar surface area (TPSA) is 36.1 Å². The number of rotatable bonds is 1. The third-order valence-corrected chi connectivity index (χ3v) is 6.64. The third-order valence-electron chi connectivity index (χ3n) is 4.79. The van der Waals surface area contributed by atoms with Crippen molar-refractivity contribution >= 4 is 17.5 Å². The van der Waals surface area contributed by atoms with E-state index in [0.29, 0.717) is 0 Å². The fourth-order valence-electron chi connectivity index (χ4n) is 4.05. The van der Waals surface area contributed by atoms with Crippen LogP contribution in [0.4, 0.5) is 0 Å². The summed E-state index contributed by atoms with van der Waals surface area (Å²) in [4.78, 5) is 5.07. The Balaban J connectivity index is 2.71. The van der Waals surface area contributed by atoms with Crippen LogP contribution in [0, 0.1) is 33.0 Å². The lowest BCUT2D eigenvalue weighted by molar-refractivity contribution is 0.396. The second-order valence-corrected chi connectivity index (χ2v) is 9.79. The number of aliphatic imine (C=N–C) groups is 1. The maximum absolute atomic E-state index is 9.58. The van der Waals surface area contributed by atoms with Crippen LogP contribution in [-0.4, -0.2) is 17.2 Å². The highest BCUT2D eigenvalue weighted by Crippen LogP contribution is 2.57. The highest BCUT2D eigenvalue weighted by molar-refractivity contribution is 7.99. The molecule has 0 bridgehead atoms. The van der Waals surface area contributed by atoms with Crippen LogP contribution in [0.2, 0.25) is 0 Å². The van der Waals surface area contributed by atoms with Gasteiger partial charge in [0.2, 0.25) is 0 Å². The largest absolute Gasteiger partial charge is 0.259 e. The Kier molecular flexibility index (Phi) is 3.66. The SMILES string of the molecule is CC(C)(C#N)C1=NC2=C(C(C)(C)CSCC2(C)C)C1(C)C. The molecule has 116 valence electrons. The molecule has 2 aliphatic heterocycles. The van der Waals surface area contributed by atoms with Crippen LogP contribution in [0.25, 0.3) is 0 Å². The first kappa shape index (κ1) is 16.6. The lowest BCUT2D eigenvalue weighted by atomic mass is 9.63. The molecule has 2 nitrogen and oxygen atoms in total. The van der Waals surface area contributed by atoms with Crippen molar-refractivity contribution in [2.45, 2.75) is 55.4 Å². The number of hydrogen-bond acceptors (Lipinski definition) is 3. The lowest BCUT2D eigenvalue weighted by Crippen LogP contribution is -2.39. The molecule has 0 aromatic carbocycles. The van der Waals surface area contributed by atoms with Gasteiger partial charge < -0.3 is 0 Å². The molecule has 2 aliphatic rings. The van der Waals surface area contributed by atoms with Crippen LogP contribution in [-0.2, 0) is 0 Å². The zero-order valence-electron chi connectivity index (χ0n) is 14.7. The first-order valence-electron chi connectivity index (χ1n) is 7.71. The summed E-state index contributed by atoms with van der Waals surface area (Å²) in [7, 11) is 0. The van der Waals surface area contributed by atoms with Gasteiger partial charge in [-0.15, -0.1) is 0 Å². The van der Waals surface area contributed by atoms with E-state index in [2.05, 4.69) is 47.6 Å². The number of allylic oxidation sites excluding steroid dienone is 2. The van der Waals surface area contributed by atoms with E-state index in [1.54, 1.807) is 0 Å². The van der Waals surface area contributed by atoms with Gasteiger partial charge in [-0.25, -0.2) is 0 Å². The maximum Gasteiger partial charge on any atom is 0.0907 e. The van der Waals surface area contributed by atoms with Crippen molar-refractivity contribution in [1.82, 2.24) is 0 Å². The summed E-state index contributed by atoms with van der Waals surface area (Å²) in [6.45, 7) is 17.7. The number of hydrogen-bond donors (Lipinski definition) is 0. The Morgan fingerprint density at radius 1 is 1.05 bits per heavy atom. The van der Waals surface area contributed by atoms with E-state index in [4.69, 9.17) is 4.99 Å². The van der Waals surface area contributed by atoms with E-state index in [0.717, 1.165) is 17.2 Å². The fraction of sp³-hybridized carbons (Fsp3) is 0.778. The number of nitriles is 1. The smallest absolute Gasteiger partial charge is 0.0907 e. The predicted molar refractivity (Wildman–Crippen MR) is 92.5 cm³/mol. The Labute approximate surface area is 134 Å². The van der Waals surface area contributed by atoms with Crippen LogP contribution in [0.15, 0.2) is 16.3 Å². The van der Waals surface area contributed by atoms with Crippen molar-refractivity contribution in [2.24, 2.45) is 26.7 Å². The molecule has 0 amide bonds. The minimum Gasteiger partial charge on any atom is -0.259 e. The Morgan fingerprint density at radius 3 is 2.10 bits per heavy atom. The van der Waals surface area contributed by atoms with Crippen molar-refractivity contribution in [3.63, 3.8) is 0 Å². The first-order valence-corrected chi connectivity index (χ1v) is 8.86. The summed E-state index contributed by atoms with van der Waals surface area (Å²) in [5, 5.41) is 9.58. The van der Waals surface area contributed by atoms with Crippen LogP contribution in [0.3, 0.4) is 0 Å². The monoisotopic (exact) mass is 304 g/mol. The summed E-state index contributed by atoms with van der Waals surface area (Å²) in [6, 6.07) is 2.46. The van der Waals surface area contributed by atoms with Crippen molar-refractivity contribution in [3.8, 4) is 6.07 Å². The van der Waals surface area contributed by atoms with Gasteiger partial charge in [0.15, 0.2) is 0 Å². The van der Waals surface area contributed by atoms with Gasteiger partial charge in [0.1, 0.15) is 0 Å². The average Bonchev–Trinajstić information content (AvgIpc) is 2.57. The number of nitrogens with zero attached hydrogens (tertiary/aromatic N) is 2. The Morgan fingerprint density at radius 2 is 1.57 bits per heavy atom. The quantitative estimate of drug-likeness (QED) is 0.678. The molecule has 0 atom stereocenters. The van der Waals surface area contributed by atoms with Gasteiger partial charge in [-0.05, 0) is 24.8 Å². The molecule has 0 N–H and O–H groups in total.